The number of halogens is 1. The largest absolute Gasteiger partial charge is 0.497 e. The summed E-state index contributed by atoms with van der Waals surface area (Å²) in [5.74, 6) is 1.87. The lowest BCUT2D eigenvalue weighted by Gasteiger charge is -2.19. The molecule has 134 valence electrons. The van der Waals surface area contributed by atoms with Crippen LogP contribution in [0.2, 0.25) is 5.02 Å². The van der Waals surface area contributed by atoms with Gasteiger partial charge < -0.3 is 19.5 Å². The Bertz CT molecular complexity index is 673. The first-order valence-electron chi connectivity index (χ1n) is 7.97. The van der Waals surface area contributed by atoms with E-state index in [4.69, 9.17) is 25.8 Å². The third-order valence-corrected chi connectivity index (χ3v) is 3.70. The predicted octanol–water partition coefficient (Wildman–Crippen LogP) is 3.70. The van der Waals surface area contributed by atoms with E-state index in [9.17, 15) is 4.79 Å². The molecule has 1 amide bonds. The van der Waals surface area contributed by atoms with Crippen LogP contribution < -0.4 is 19.5 Å². The van der Waals surface area contributed by atoms with E-state index in [0.717, 1.165) is 5.75 Å². The molecule has 0 aliphatic heterocycles. The number of ether oxygens (including phenoxy) is 3. The number of carbonyl (C=O) groups excluding carboxylic acids is 1. The summed E-state index contributed by atoms with van der Waals surface area (Å²) in [5.41, 5.74) is 0. The summed E-state index contributed by atoms with van der Waals surface area (Å²) in [7, 11) is 1.61. The molecule has 0 heterocycles. The Morgan fingerprint density at radius 2 is 1.56 bits per heavy atom. The van der Waals surface area contributed by atoms with Gasteiger partial charge in [-0.3, -0.25) is 4.79 Å². The van der Waals surface area contributed by atoms with Gasteiger partial charge in [-0.05, 0) is 62.4 Å². The van der Waals surface area contributed by atoms with E-state index in [-0.39, 0.29) is 11.9 Å². The molecule has 0 spiro atoms. The van der Waals surface area contributed by atoms with Crippen molar-refractivity contribution in [3.63, 3.8) is 0 Å². The van der Waals surface area contributed by atoms with Crippen LogP contribution in [0.25, 0.3) is 0 Å². The van der Waals surface area contributed by atoms with Crippen LogP contribution in [0.1, 0.15) is 13.8 Å². The molecule has 0 aliphatic rings. The summed E-state index contributed by atoms with van der Waals surface area (Å²) >= 11 is 5.83. The van der Waals surface area contributed by atoms with Gasteiger partial charge in [-0.15, -0.1) is 0 Å². The second-order valence-electron chi connectivity index (χ2n) is 5.61. The van der Waals surface area contributed by atoms with Crippen LogP contribution >= 0.6 is 11.6 Å². The van der Waals surface area contributed by atoms with Gasteiger partial charge in [0.2, 0.25) is 0 Å². The van der Waals surface area contributed by atoms with Crippen LogP contribution in [0.5, 0.6) is 17.2 Å². The van der Waals surface area contributed by atoms with Crippen molar-refractivity contribution in [2.24, 2.45) is 0 Å². The van der Waals surface area contributed by atoms with Crippen LogP contribution in [0.15, 0.2) is 48.5 Å². The Labute approximate surface area is 152 Å². The Kier molecular flexibility index (Phi) is 6.95. The second kappa shape index (κ2) is 9.18. The monoisotopic (exact) mass is 363 g/mol. The van der Waals surface area contributed by atoms with Crippen molar-refractivity contribution in [2.45, 2.75) is 26.0 Å². The molecule has 2 aromatic rings. The molecule has 2 rings (SSSR count). The van der Waals surface area contributed by atoms with Crippen molar-refractivity contribution in [1.29, 1.82) is 0 Å². The molecular formula is C19H22ClNO4. The molecule has 0 saturated heterocycles. The van der Waals surface area contributed by atoms with Crippen LogP contribution in [0.3, 0.4) is 0 Å². The summed E-state index contributed by atoms with van der Waals surface area (Å²) in [6.45, 7) is 3.92. The van der Waals surface area contributed by atoms with Crippen LogP contribution in [0, 0.1) is 0 Å². The van der Waals surface area contributed by atoms with Gasteiger partial charge in [0.15, 0.2) is 6.10 Å². The zero-order valence-corrected chi connectivity index (χ0v) is 15.2. The van der Waals surface area contributed by atoms with Gasteiger partial charge in [0.1, 0.15) is 23.9 Å². The summed E-state index contributed by atoms with van der Waals surface area (Å²) in [6.07, 6.45) is -0.621. The number of methoxy groups -OCH3 is 1. The zero-order chi connectivity index (χ0) is 18.2. The summed E-state index contributed by atoms with van der Waals surface area (Å²) in [6, 6.07) is 14.0. The van der Waals surface area contributed by atoms with Gasteiger partial charge in [-0.25, -0.2) is 0 Å². The number of benzene rings is 2. The van der Waals surface area contributed by atoms with E-state index >= 15 is 0 Å². The van der Waals surface area contributed by atoms with Gasteiger partial charge in [0, 0.05) is 5.02 Å². The minimum atomic E-state index is -0.621. The van der Waals surface area contributed by atoms with Crippen molar-refractivity contribution in [2.75, 3.05) is 13.7 Å². The highest BCUT2D eigenvalue weighted by Crippen LogP contribution is 2.18. The third-order valence-electron chi connectivity index (χ3n) is 3.44. The number of carbonyl (C=O) groups is 1. The van der Waals surface area contributed by atoms with Crippen molar-refractivity contribution in [3.05, 3.63) is 53.6 Å². The fourth-order valence-electron chi connectivity index (χ4n) is 2.07. The minimum Gasteiger partial charge on any atom is -0.497 e. The minimum absolute atomic E-state index is 0.161. The topological polar surface area (TPSA) is 56.8 Å². The maximum atomic E-state index is 12.2. The maximum Gasteiger partial charge on any atom is 0.261 e. The molecule has 0 fully saturated rings. The second-order valence-corrected chi connectivity index (χ2v) is 6.05. The molecule has 6 heteroatoms. The quantitative estimate of drug-likeness (QED) is 0.777. The van der Waals surface area contributed by atoms with Crippen molar-refractivity contribution < 1.29 is 19.0 Å². The lowest BCUT2D eigenvalue weighted by Crippen LogP contribution is -2.43. The first-order chi connectivity index (χ1) is 12.0. The van der Waals surface area contributed by atoms with Gasteiger partial charge >= 0.3 is 0 Å². The molecular weight excluding hydrogens is 342 g/mol. The highest BCUT2D eigenvalue weighted by Gasteiger charge is 2.17. The molecule has 0 aromatic heterocycles. The van der Waals surface area contributed by atoms with Gasteiger partial charge in [0.05, 0.1) is 13.2 Å². The summed E-state index contributed by atoms with van der Waals surface area (Å²) < 4.78 is 16.3. The Morgan fingerprint density at radius 1 is 1.00 bits per heavy atom. The predicted molar refractivity (Wildman–Crippen MR) is 97.6 cm³/mol. The number of nitrogens with one attached hydrogen (secondary N) is 1. The molecule has 2 atom stereocenters. The van der Waals surface area contributed by atoms with E-state index < -0.39 is 6.10 Å². The molecule has 0 saturated carbocycles. The first kappa shape index (κ1) is 18.9. The van der Waals surface area contributed by atoms with E-state index in [1.807, 2.05) is 31.2 Å². The Balaban J connectivity index is 1.77. The van der Waals surface area contributed by atoms with Crippen molar-refractivity contribution in [3.8, 4) is 17.2 Å². The van der Waals surface area contributed by atoms with Gasteiger partial charge in [-0.1, -0.05) is 11.6 Å². The molecule has 0 bridgehead atoms. The van der Waals surface area contributed by atoms with Crippen LogP contribution in [0.4, 0.5) is 0 Å². The van der Waals surface area contributed by atoms with E-state index in [1.54, 1.807) is 38.3 Å². The third kappa shape index (κ3) is 6.19. The molecule has 2 aromatic carbocycles. The summed E-state index contributed by atoms with van der Waals surface area (Å²) in [5, 5.41) is 3.48. The average Bonchev–Trinajstić information content (AvgIpc) is 2.62. The average molecular weight is 364 g/mol. The summed E-state index contributed by atoms with van der Waals surface area (Å²) in [4.78, 5) is 12.2. The fraction of sp³-hybridized carbons (Fsp3) is 0.316. The standard InChI is InChI=1S/C19H22ClNO4/c1-13(12-24-17-10-8-16(23-3)9-11-17)21-19(22)14(2)25-18-6-4-15(20)5-7-18/h4-11,13-14H,12H2,1-3H3,(H,21,22)/t13-,14-/m1/s1. The first-order valence-corrected chi connectivity index (χ1v) is 8.35. The number of rotatable bonds is 8. The molecule has 25 heavy (non-hydrogen) atoms. The molecule has 0 unspecified atom stereocenters. The van der Waals surface area contributed by atoms with E-state index in [2.05, 4.69) is 5.32 Å². The Morgan fingerprint density at radius 3 is 2.16 bits per heavy atom. The smallest absolute Gasteiger partial charge is 0.261 e. The van der Waals surface area contributed by atoms with E-state index in [1.165, 1.54) is 0 Å². The lowest BCUT2D eigenvalue weighted by molar-refractivity contribution is -0.128. The molecule has 0 aliphatic carbocycles. The van der Waals surface area contributed by atoms with Crippen molar-refractivity contribution >= 4 is 17.5 Å². The molecule has 1 N–H and O–H groups in total. The lowest BCUT2D eigenvalue weighted by atomic mass is 10.3. The maximum absolute atomic E-state index is 12.2. The fourth-order valence-corrected chi connectivity index (χ4v) is 2.19. The normalized spacial score (nSPS) is 12.8. The number of amides is 1. The van der Waals surface area contributed by atoms with E-state index in [0.29, 0.717) is 23.1 Å². The zero-order valence-electron chi connectivity index (χ0n) is 14.5. The van der Waals surface area contributed by atoms with Gasteiger partial charge in [-0.2, -0.15) is 0 Å². The van der Waals surface area contributed by atoms with Gasteiger partial charge in [0.25, 0.3) is 5.91 Å². The molecule has 5 nitrogen and oxygen atoms in total. The SMILES string of the molecule is COc1ccc(OC[C@@H](C)NC(=O)[C@@H](C)Oc2ccc(Cl)cc2)cc1. The van der Waals surface area contributed by atoms with Crippen LogP contribution in [-0.2, 0) is 4.79 Å². The highest BCUT2D eigenvalue weighted by atomic mass is 35.5. The highest BCUT2D eigenvalue weighted by molar-refractivity contribution is 6.30. The number of hydrogen-bond donors (Lipinski definition) is 1. The number of hydrogen-bond acceptors (Lipinski definition) is 4. The van der Waals surface area contributed by atoms with Crippen molar-refractivity contribution in [1.82, 2.24) is 5.32 Å². The van der Waals surface area contributed by atoms with Crippen LogP contribution in [-0.4, -0.2) is 31.8 Å². The molecule has 0 radical (unpaired) electrons. The Hall–Kier alpha value is -2.40.